The number of carboxylic acid groups (broad SMARTS) is 1. The SMILES string of the molecule is CC(C)(CO)[C@@H](O)C(=O)NCCC(=O)NCCC(=O)O. The Labute approximate surface area is 117 Å². The van der Waals surface area contributed by atoms with Gasteiger partial charge in [-0.05, 0) is 0 Å². The monoisotopic (exact) mass is 290 g/mol. The minimum absolute atomic E-state index is 0.0162. The molecule has 0 unspecified atom stereocenters. The first-order valence-corrected chi connectivity index (χ1v) is 6.26. The fourth-order valence-electron chi connectivity index (χ4n) is 1.23. The highest BCUT2D eigenvalue weighted by Crippen LogP contribution is 2.19. The van der Waals surface area contributed by atoms with Crippen LogP contribution in [0.25, 0.3) is 0 Å². The molecule has 0 radical (unpaired) electrons. The summed E-state index contributed by atoms with van der Waals surface area (Å²) in [5.41, 5.74) is -0.964. The maximum absolute atomic E-state index is 11.6. The fraction of sp³-hybridized carbons (Fsp3) is 0.750. The van der Waals surface area contributed by atoms with Crippen molar-refractivity contribution in [1.29, 1.82) is 0 Å². The van der Waals surface area contributed by atoms with Gasteiger partial charge in [-0.1, -0.05) is 13.8 Å². The largest absolute Gasteiger partial charge is 0.481 e. The summed E-state index contributed by atoms with van der Waals surface area (Å²) in [7, 11) is 0. The van der Waals surface area contributed by atoms with E-state index in [4.69, 9.17) is 10.2 Å². The minimum Gasteiger partial charge on any atom is -0.481 e. The number of amides is 2. The van der Waals surface area contributed by atoms with E-state index >= 15 is 0 Å². The van der Waals surface area contributed by atoms with Crippen molar-refractivity contribution in [3.05, 3.63) is 0 Å². The van der Waals surface area contributed by atoms with Crippen LogP contribution in [0.4, 0.5) is 0 Å². The molecule has 116 valence electrons. The molecule has 0 heterocycles. The van der Waals surface area contributed by atoms with Gasteiger partial charge in [0.05, 0.1) is 13.0 Å². The van der Waals surface area contributed by atoms with E-state index in [1.54, 1.807) is 0 Å². The Morgan fingerprint density at radius 1 is 1.10 bits per heavy atom. The second kappa shape index (κ2) is 8.49. The normalized spacial score (nSPS) is 12.6. The molecule has 0 spiro atoms. The highest BCUT2D eigenvalue weighted by Gasteiger charge is 2.32. The van der Waals surface area contributed by atoms with Crippen LogP contribution in [0.5, 0.6) is 0 Å². The summed E-state index contributed by atoms with van der Waals surface area (Å²) in [4.78, 5) is 33.0. The van der Waals surface area contributed by atoms with Crippen LogP contribution in [0.2, 0.25) is 0 Å². The summed E-state index contributed by atoms with van der Waals surface area (Å²) in [5, 5.41) is 31.8. The van der Waals surface area contributed by atoms with Gasteiger partial charge in [-0.25, -0.2) is 0 Å². The first-order chi connectivity index (χ1) is 9.20. The molecule has 0 aliphatic heterocycles. The fourth-order valence-corrected chi connectivity index (χ4v) is 1.23. The molecule has 0 aliphatic rings. The van der Waals surface area contributed by atoms with Gasteiger partial charge in [-0.15, -0.1) is 0 Å². The number of carboxylic acids is 1. The molecule has 0 aromatic rings. The van der Waals surface area contributed by atoms with Gasteiger partial charge in [-0.3, -0.25) is 14.4 Å². The highest BCUT2D eigenvalue weighted by atomic mass is 16.4. The molecule has 0 bridgehead atoms. The Bertz CT molecular complexity index is 356. The van der Waals surface area contributed by atoms with E-state index in [2.05, 4.69) is 10.6 Å². The highest BCUT2D eigenvalue weighted by molar-refractivity contribution is 5.82. The molecule has 2 amide bonds. The van der Waals surface area contributed by atoms with Crippen molar-refractivity contribution < 1.29 is 29.7 Å². The van der Waals surface area contributed by atoms with E-state index in [1.165, 1.54) is 13.8 Å². The number of aliphatic hydroxyl groups is 2. The van der Waals surface area contributed by atoms with Gasteiger partial charge >= 0.3 is 5.97 Å². The third-order valence-corrected chi connectivity index (χ3v) is 2.71. The van der Waals surface area contributed by atoms with Crippen LogP contribution in [0.3, 0.4) is 0 Å². The van der Waals surface area contributed by atoms with Crippen molar-refractivity contribution in [3.63, 3.8) is 0 Å². The molecule has 0 aliphatic carbocycles. The molecular weight excluding hydrogens is 268 g/mol. The summed E-state index contributed by atoms with van der Waals surface area (Å²) < 4.78 is 0. The van der Waals surface area contributed by atoms with Crippen LogP contribution in [0, 0.1) is 5.41 Å². The number of carbonyl (C=O) groups excluding carboxylic acids is 2. The van der Waals surface area contributed by atoms with Gasteiger partial charge in [0.2, 0.25) is 11.8 Å². The van der Waals surface area contributed by atoms with Crippen LogP contribution >= 0.6 is 0 Å². The topological polar surface area (TPSA) is 136 Å². The molecule has 0 saturated heterocycles. The minimum atomic E-state index is -1.37. The van der Waals surface area contributed by atoms with E-state index < -0.39 is 23.4 Å². The lowest BCUT2D eigenvalue weighted by molar-refractivity contribution is -0.137. The van der Waals surface area contributed by atoms with E-state index in [9.17, 15) is 19.5 Å². The van der Waals surface area contributed by atoms with Gasteiger partial charge in [0.15, 0.2) is 0 Å². The predicted molar refractivity (Wildman–Crippen MR) is 69.8 cm³/mol. The van der Waals surface area contributed by atoms with E-state index in [1.807, 2.05) is 0 Å². The molecule has 8 nitrogen and oxygen atoms in total. The lowest BCUT2D eigenvalue weighted by Crippen LogP contribution is -2.46. The van der Waals surface area contributed by atoms with Gasteiger partial charge in [0, 0.05) is 24.9 Å². The average molecular weight is 290 g/mol. The third-order valence-electron chi connectivity index (χ3n) is 2.71. The summed E-state index contributed by atoms with van der Waals surface area (Å²) in [6.45, 7) is 2.78. The van der Waals surface area contributed by atoms with Crippen molar-refractivity contribution in [2.75, 3.05) is 19.7 Å². The number of hydrogen-bond acceptors (Lipinski definition) is 5. The molecule has 0 saturated carbocycles. The van der Waals surface area contributed by atoms with Gasteiger partial charge < -0.3 is 26.0 Å². The van der Waals surface area contributed by atoms with Crippen LogP contribution in [-0.4, -0.2) is 58.9 Å². The molecule has 0 aromatic heterocycles. The summed E-state index contributed by atoms with van der Waals surface area (Å²) in [5.74, 6) is -2.06. The summed E-state index contributed by atoms with van der Waals surface area (Å²) in [6, 6.07) is 0. The third kappa shape index (κ3) is 7.05. The number of nitrogens with one attached hydrogen (secondary N) is 2. The number of hydrogen-bond donors (Lipinski definition) is 5. The van der Waals surface area contributed by atoms with Crippen LogP contribution in [-0.2, 0) is 14.4 Å². The Morgan fingerprint density at radius 3 is 2.15 bits per heavy atom. The second-order valence-corrected chi connectivity index (χ2v) is 5.08. The van der Waals surface area contributed by atoms with E-state index in [0.29, 0.717) is 0 Å². The second-order valence-electron chi connectivity index (χ2n) is 5.08. The smallest absolute Gasteiger partial charge is 0.305 e. The Morgan fingerprint density at radius 2 is 1.65 bits per heavy atom. The quantitative estimate of drug-likeness (QED) is 0.349. The van der Waals surface area contributed by atoms with Crippen molar-refractivity contribution >= 4 is 17.8 Å². The summed E-state index contributed by atoms with van der Waals surface area (Å²) >= 11 is 0. The maximum Gasteiger partial charge on any atom is 0.305 e. The van der Waals surface area contributed by atoms with Crippen LogP contribution in [0.1, 0.15) is 26.7 Å². The molecule has 0 rings (SSSR count). The lowest BCUT2D eigenvalue weighted by atomic mass is 9.87. The summed E-state index contributed by atoms with van der Waals surface area (Å²) in [6.07, 6.45) is -1.55. The van der Waals surface area contributed by atoms with Crippen molar-refractivity contribution in [2.24, 2.45) is 5.41 Å². The maximum atomic E-state index is 11.6. The zero-order valence-corrected chi connectivity index (χ0v) is 11.7. The lowest BCUT2D eigenvalue weighted by Gasteiger charge is -2.27. The molecular formula is C12H22N2O6. The van der Waals surface area contributed by atoms with Crippen molar-refractivity contribution in [3.8, 4) is 0 Å². The van der Waals surface area contributed by atoms with Gasteiger partial charge in [-0.2, -0.15) is 0 Å². The first kappa shape index (κ1) is 18.3. The molecule has 20 heavy (non-hydrogen) atoms. The Hall–Kier alpha value is -1.67. The molecule has 0 fully saturated rings. The number of carbonyl (C=O) groups is 3. The van der Waals surface area contributed by atoms with E-state index in [-0.39, 0.29) is 38.4 Å². The molecule has 8 heteroatoms. The number of aliphatic carboxylic acids is 1. The zero-order chi connectivity index (χ0) is 15.8. The number of rotatable bonds is 9. The average Bonchev–Trinajstić information content (AvgIpc) is 2.37. The Kier molecular flexibility index (Phi) is 7.78. The molecule has 0 aromatic carbocycles. The predicted octanol–water partition coefficient (Wildman–Crippen LogP) is -1.54. The van der Waals surface area contributed by atoms with Crippen molar-refractivity contribution in [2.45, 2.75) is 32.8 Å². The van der Waals surface area contributed by atoms with Gasteiger partial charge in [0.1, 0.15) is 6.10 Å². The standard InChI is InChI=1S/C12H22N2O6/c1-12(2,7-15)10(19)11(20)14-5-3-8(16)13-6-4-9(17)18/h10,15,19H,3-7H2,1-2H3,(H,13,16)(H,14,20)(H,17,18)/t10-/m0/s1. The van der Waals surface area contributed by atoms with E-state index in [0.717, 1.165) is 0 Å². The first-order valence-electron chi connectivity index (χ1n) is 6.26. The number of aliphatic hydroxyl groups excluding tert-OH is 2. The van der Waals surface area contributed by atoms with Crippen LogP contribution in [0.15, 0.2) is 0 Å². The molecule has 1 atom stereocenters. The van der Waals surface area contributed by atoms with Crippen molar-refractivity contribution in [1.82, 2.24) is 10.6 Å². The zero-order valence-electron chi connectivity index (χ0n) is 11.7. The Balaban J connectivity index is 3.92. The van der Waals surface area contributed by atoms with Gasteiger partial charge in [0.25, 0.3) is 0 Å². The molecule has 5 N–H and O–H groups in total. The van der Waals surface area contributed by atoms with Crippen LogP contribution < -0.4 is 10.6 Å².